The molecular weight excluding hydrogens is 621 g/mol. The lowest BCUT2D eigenvalue weighted by molar-refractivity contribution is 1.06. The van der Waals surface area contributed by atoms with Crippen LogP contribution in [0, 0.1) is 0 Å². The third-order valence-electron chi connectivity index (χ3n) is 9.69. The van der Waals surface area contributed by atoms with E-state index in [4.69, 9.17) is 15.7 Å². The van der Waals surface area contributed by atoms with Gasteiger partial charge in [-0.2, -0.15) is 0 Å². The van der Waals surface area contributed by atoms with Crippen LogP contribution in [0.1, 0.15) is 16.7 Å². The van der Waals surface area contributed by atoms with Crippen molar-refractivity contribution in [2.45, 2.75) is 6.54 Å². The minimum atomic E-state index is 0.426. The van der Waals surface area contributed by atoms with Crippen molar-refractivity contribution in [3.05, 3.63) is 199 Å². The number of nitrogens with zero attached hydrogens (tertiary/aromatic N) is 3. The molecule has 2 N–H and O–H groups in total. The maximum absolute atomic E-state index is 7.06. The Hall–Kier alpha value is -6.78. The van der Waals surface area contributed by atoms with Gasteiger partial charge in [-0.25, -0.2) is 4.99 Å². The Morgan fingerprint density at radius 3 is 1.88 bits per heavy atom. The van der Waals surface area contributed by atoms with E-state index < -0.39 is 0 Å². The van der Waals surface area contributed by atoms with E-state index in [1.54, 1.807) is 0 Å². The molecule has 0 unspecified atom stereocenters. The zero-order valence-corrected chi connectivity index (χ0v) is 27.9. The van der Waals surface area contributed by atoms with E-state index in [-0.39, 0.29) is 0 Å². The molecular formula is C47H34N4. The first-order valence-electron chi connectivity index (χ1n) is 17.2. The van der Waals surface area contributed by atoms with Crippen molar-refractivity contribution in [1.82, 2.24) is 4.57 Å². The van der Waals surface area contributed by atoms with E-state index in [0.29, 0.717) is 18.2 Å². The van der Waals surface area contributed by atoms with Gasteiger partial charge in [0, 0.05) is 33.0 Å². The highest BCUT2D eigenvalue weighted by Gasteiger charge is 2.17. The number of hydrogen-bond acceptors (Lipinski definition) is 1. The summed E-state index contributed by atoms with van der Waals surface area (Å²) in [5.74, 6) is 1.03. The van der Waals surface area contributed by atoms with Crippen LogP contribution in [0.5, 0.6) is 0 Å². The Bertz CT molecular complexity index is 2760. The number of rotatable bonds is 6. The van der Waals surface area contributed by atoms with Crippen LogP contribution in [0.3, 0.4) is 0 Å². The van der Waals surface area contributed by atoms with Crippen LogP contribution in [0.4, 0.5) is 0 Å². The average Bonchev–Trinajstić information content (AvgIpc) is 3.54. The average molecular weight is 655 g/mol. The summed E-state index contributed by atoms with van der Waals surface area (Å²) in [6, 6.07) is 63.5. The van der Waals surface area contributed by atoms with E-state index in [1.165, 1.54) is 32.6 Å². The summed E-state index contributed by atoms with van der Waals surface area (Å²) < 4.78 is 2.39. The molecule has 0 atom stereocenters. The van der Waals surface area contributed by atoms with Gasteiger partial charge in [-0.05, 0) is 51.0 Å². The number of benzene rings is 8. The summed E-state index contributed by atoms with van der Waals surface area (Å²) in [6.07, 6.45) is 0. The van der Waals surface area contributed by atoms with Crippen molar-refractivity contribution in [3.8, 4) is 16.8 Å². The number of nitrogens with two attached hydrogens (primary N) is 1. The minimum absolute atomic E-state index is 0.426. The van der Waals surface area contributed by atoms with Crippen LogP contribution in [-0.4, -0.2) is 16.2 Å². The Morgan fingerprint density at radius 1 is 0.510 bits per heavy atom. The summed E-state index contributed by atoms with van der Waals surface area (Å²) in [5.41, 5.74) is 15.6. The van der Waals surface area contributed by atoms with Crippen molar-refractivity contribution >= 4 is 55.0 Å². The van der Waals surface area contributed by atoms with Crippen LogP contribution >= 0.6 is 0 Å². The molecule has 4 heteroatoms. The summed E-state index contributed by atoms with van der Waals surface area (Å²) in [7, 11) is 0. The number of fused-ring (bicyclic) bond motifs is 6. The van der Waals surface area contributed by atoms with Gasteiger partial charge in [-0.3, -0.25) is 4.99 Å². The van der Waals surface area contributed by atoms with Gasteiger partial charge in [0.25, 0.3) is 0 Å². The lowest BCUT2D eigenvalue weighted by Gasteiger charge is -2.15. The molecule has 0 saturated carbocycles. The highest BCUT2D eigenvalue weighted by molar-refractivity contribution is 6.20. The monoisotopic (exact) mass is 654 g/mol. The largest absolute Gasteiger partial charge is 0.383 e. The molecule has 0 fully saturated rings. The van der Waals surface area contributed by atoms with Crippen LogP contribution in [-0.2, 0) is 6.54 Å². The van der Waals surface area contributed by atoms with Gasteiger partial charge in [0.15, 0.2) is 5.84 Å². The summed E-state index contributed by atoms with van der Waals surface area (Å²) >= 11 is 0. The number of aromatic nitrogens is 1. The number of amidine groups is 2. The maximum atomic E-state index is 7.06. The van der Waals surface area contributed by atoms with Gasteiger partial charge in [0.2, 0.25) is 0 Å². The lowest BCUT2D eigenvalue weighted by atomic mass is 9.93. The summed E-state index contributed by atoms with van der Waals surface area (Å²) in [4.78, 5) is 10.0. The van der Waals surface area contributed by atoms with Crippen molar-refractivity contribution in [2.75, 3.05) is 0 Å². The molecule has 242 valence electrons. The number of para-hydroxylation sites is 1. The van der Waals surface area contributed by atoms with E-state index >= 15 is 0 Å². The first-order valence-corrected chi connectivity index (χ1v) is 17.2. The SMILES string of the molecule is N/C(=N\C(=N/Cc1ccccc1)c1ccccc1)c1c(-c2ccc(-n3c4ccccc4c4ccc5ccccc5c43)cc2)ccc2ccccc12. The zero-order chi connectivity index (χ0) is 34.1. The number of aliphatic imine (C=N–C) groups is 2. The predicted octanol–water partition coefficient (Wildman–Crippen LogP) is 11.1. The van der Waals surface area contributed by atoms with Crippen LogP contribution in [0.25, 0.3) is 60.2 Å². The lowest BCUT2D eigenvalue weighted by Crippen LogP contribution is -2.18. The Labute approximate surface area is 296 Å². The van der Waals surface area contributed by atoms with E-state index in [1.807, 2.05) is 48.5 Å². The normalized spacial score (nSPS) is 12.3. The maximum Gasteiger partial charge on any atom is 0.157 e. The fourth-order valence-corrected chi connectivity index (χ4v) is 7.27. The molecule has 4 nitrogen and oxygen atoms in total. The third kappa shape index (κ3) is 5.53. The van der Waals surface area contributed by atoms with Crippen molar-refractivity contribution < 1.29 is 0 Å². The quantitative estimate of drug-likeness (QED) is 0.141. The van der Waals surface area contributed by atoms with Crippen LogP contribution < -0.4 is 5.73 Å². The Balaban J connectivity index is 1.19. The first-order chi connectivity index (χ1) is 25.2. The van der Waals surface area contributed by atoms with Gasteiger partial charge in [0.05, 0.1) is 17.6 Å². The molecule has 0 aliphatic heterocycles. The Kier molecular flexibility index (Phi) is 7.67. The molecule has 1 heterocycles. The molecule has 9 rings (SSSR count). The van der Waals surface area contributed by atoms with Crippen molar-refractivity contribution in [3.63, 3.8) is 0 Å². The fraction of sp³-hybridized carbons (Fsp3) is 0.0213. The van der Waals surface area contributed by atoms with Crippen LogP contribution in [0.2, 0.25) is 0 Å². The van der Waals surface area contributed by atoms with Gasteiger partial charge >= 0.3 is 0 Å². The fourth-order valence-electron chi connectivity index (χ4n) is 7.27. The van der Waals surface area contributed by atoms with Gasteiger partial charge in [0.1, 0.15) is 5.84 Å². The molecule has 0 radical (unpaired) electrons. The highest BCUT2D eigenvalue weighted by Crippen LogP contribution is 2.37. The van der Waals surface area contributed by atoms with Gasteiger partial charge in [-0.15, -0.1) is 0 Å². The van der Waals surface area contributed by atoms with Gasteiger partial charge < -0.3 is 10.3 Å². The standard InChI is InChI=1S/C47H34N4/c48-46(50-47(36-17-5-2-6-18-36)49-31-32-13-3-1-4-14-32)44-38-19-9-7-15-33(38)25-29-39(44)35-23-27-37(28-24-35)51-43-22-12-11-21-41(43)42-30-26-34-16-8-10-20-40(34)45(42)51/h1-30H,31H2,(H2,48,49,50). The summed E-state index contributed by atoms with van der Waals surface area (Å²) in [6.45, 7) is 0.504. The topological polar surface area (TPSA) is 55.7 Å². The molecule has 0 saturated heterocycles. The second-order valence-corrected chi connectivity index (χ2v) is 12.8. The molecule has 1 aromatic heterocycles. The smallest absolute Gasteiger partial charge is 0.157 e. The molecule has 9 aromatic rings. The van der Waals surface area contributed by atoms with E-state index in [2.05, 4.69) is 138 Å². The van der Waals surface area contributed by atoms with Crippen molar-refractivity contribution in [2.24, 2.45) is 15.7 Å². The predicted molar refractivity (Wildman–Crippen MR) is 215 cm³/mol. The second-order valence-electron chi connectivity index (χ2n) is 12.8. The highest BCUT2D eigenvalue weighted by atomic mass is 15.0. The molecule has 0 aliphatic rings. The van der Waals surface area contributed by atoms with Crippen LogP contribution in [0.15, 0.2) is 192 Å². The van der Waals surface area contributed by atoms with E-state index in [0.717, 1.165) is 44.3 Å². The van der Waals surface area contributed by atoms with Gasteiger partial charge in [-0.1, -0.05) is 164 Å². The molecule has 0 aliphatic carbocycles. The molecule has 51 heavy (non-hydrogen) atoms. The third-order valence-corrected chi connectivity index (χ3v) is 9.69. The molecule has 8 aromatic carbocycles. The zero-order valence-electron chi connectivity index (χ0n) is 27.9. The van der Waals surface area contributed by atoms with E-state index in [9.17, 15) is 0 Å². The minimum Gasteiger partial charge on any atom is -0.383 e. The summed E-state index contributed by atoms with van der Waals surface area (Å²) in [5, 5.41) is 7.10. The second kappa shape index (κ2) is 12.9. The first kappa shape index (κ1) is 30.3. The van der Waals surface area contributed by atoms with Crippen molar-refractivity contribution in [1.29, 1.82) is 0 Å². The molecule has 0 spiro atoms. The Morgan fingerprint density at radius 2 is 1.12 bits per heavy atom. The molecule has 0 bridgehead atoms. The number of hydrogen-bond donors (Lipinski definition) is 1. The molecule has 0 amide bonds.